The molecule has 2 N–H and O–H groups in total. The Bertz CT molecular complexity index is 1790. The van der Waals surface area contributed by atoms with Crippen LogP contribution in [-0.4, -0.2) is 93.5 Å². The number of methoxy groups -OCH3 is 1. The number of anilines is 2. The number of aromatic nitrogens is 3. The van der Waals surface area contributed by atoms with Crippen molar-refractivity contribution in [2.75, 3.05) is 63.3 Å². The van der Waals surface area contributed by atoms with E-state index in [9.17, 15) is 18.0 Å². The van der Waals surface area contributed by atoms with Crippen LogP contribution >= 0.6 is 0 Å². The molecule has 1 aliphatic heterocycles. The fourth-order valence-electron chi connectivity index (χ4n) is 4.25. The van der Waals surface area contributed by atoms with Crippen LogP contribution in [0.4, 0.5) is 16.3 Å². The Morgan fingerprint density at radius 3 is 2.38 bits per heavy atom. The Labute approximate surface area is 276 Å². The maximum absolute atomic E-state index is 13.4. The van der Waals surface area contributed by atoms with E-state index in [-0.39, 0.29) is 53.8 Å². The highest BCUT2D eigenvalue weighted by Gasteiger charge is 2.24. The van der Waals surface area contributed by atoms with E-state index in [1.807, 2.05) is 0 Å². The van der Waals surface area contributed by atoms with Crippen molar-refractivity contribution in [3.63, 3.8) is 0 Å². The van der Waals surface area contributed by atoms with Gasteiger partial charge < -0.3 is 33.3 Å². The van der Waals surface area contributed by atoms with Gasteiger partial charge in [-0.25, -0.2) is 18.2 Å². The summed E-state index contributed by atoms with van der Waals surface area (Å²) in [6.45, 7) is 1.38. The molecule has 17 heteroatoms. The number of carbonyl (C=O) groups is 2. The SMILES string of the molecule is COc1ccccc1Oc1c(NS(=O)(=O)c2ccc(OCC(=O)N3CCOCC3)cc2)ncnc1OCCOC(=O)Nc1ccncc1. The number of carbonyl (C=O) groups excluding carboxylic acids is 2. The predicted molar refractivity (Wildman–Crippen MR) is 170 cm³/mol. The standard InChI is InChI=1S/C31H32N6O10S/c1-42-25-4-2-3-5-26(25)47-28-29(33-21-34-30(28)44-18-19-45-31(39)35-22-10-12-32-13-11-22)36-48(40,41)24-8-6-23(7-9-24)46-20-27(38)37-14-16-43-17-15-37/h2-13,21H,14-20H2,1H3,(H,32,35,39)(H,33,34,36). The third kappa shape index (κ3) is 9.20. The zero-order chi connectivity index (χ0) is 33.8. The summed E-state index contributed by atoms with van der Waals surface area (Å²) in [6.07, 6.45) is 3.41. The number of morpholine rings is 1. The molecule has 2 amide bonds. The van der Waals surface area contributed by atoms with Crippen molar-refractivity contribution in [2.45, 2.75) is 4.90 Å². The predicted octanol–water partition coefficient (Wildman–Crippen LogP) is 3.34. The monoisotopic (exact) mass is 680 g/mol. The summed E-state index contributed by atoms with van der Waals surface area (Å²) in [7, 11) is -2.78. The number of pyridine rings is 1. The molecule has 252 valence electrons. The van der Waals surface area contributed by atoms with E-state index in [1.54, 1.807) is 41.3 Å². The molecular weight excluding hydrogens is 648 g/mol. The molecule has 0 radical (unpaired) electrons. The lowest BCUT2D eigenvalue weighted by molar-refractivity contribution is -0.137. The van der Waals surface area contributed by atoms with Crippen molar-refractivity contribution in [3.05, 3.63) is 79.4 Å². The van der Waals surface area contributed by atoms with E-state index in [1.165, 1.54) is 43.8 Å². The summed E-state index contributed by atoms with van der Waals surface area (Å²) in [4.78, 5) is 38.1. The van der Waals surface area contributed by atoms with Crippen LogP contribution in [0.5, 0.6) is 28.9 Å². The van der Waals surface area contributed by atoms with Gasteiger partial charge in [0.05, 0.1) is 25.2 Å². The topological polar surface area (TPSA) is 190 Å². The summed E-state index contributed by atoms with van der Waals surface area (Å²) < 4.78 is 62.4. The van der Waals surface area contributed by atoms with Crippen LogP contribution in [0.1, 0.15) is 0 Å². The number of nitrogens with one attached hydrogen (secondary N) is 2. The second-order valence-electron chi connectivity index (χ2n) is 9.81. The van der Waals surface area contributed by atoms with E-state index < -0.39 is 16.1 Å². The number of hydrogen-bond donors (Lipinski definition) is 2. The molecule has 1 saturated heterocycles. The number of hydrogen-bond acceptors (Lipinski definition) is 13. The lowest BCUT2D eigenvalue weighted by Crippen LogP contribution is -2.42. The molecule has 2 aromatic carbocycles. The molecule has 0 aliphatic carbocycles. The van der Waals surface area contributed by atoms with Crippen LogP contribution in [-0.2, 0) is 24.3 Å². The van der Waals surface area contributed by atoms with Crippen molar-refractivity contribution < 1.29 is 46.4 Å². The normalized spacial score (nSPS) is 12.8. The summed E-state index contributed by atoms with van der Waals surface area (Å²) in [5.74, 6) is 0.139. The average Bonchev–Trinajstić information content (AvgIpc) is 3.11. The van der Waals surface area contributed by atoms with Gasteiger partial charge in [-0.05, 0) is 48.5 Å². The zero-order valence-electron chi connectivity index (χ0n) is 25.7. The van der Waals surface area contributed by atoms with Crippen LogP contribution in [0.3, 0.4) is 0 Å². The molecule has 48 heavy (non-hydrogen) atoms. The number of ether oxygens (including phenoxy) is 6. The average molecular weight is 681 g/mol. The van der Waals surface area contributed by atoms with Gasteiger partial charge in [-0.2, -0.15) is 4.98 Å². The third-order valence-electron chi connectivity index (χ3n) is 6.63. The molecule has 0 bridgehead atoms. The second-order valence-corrected chi connectivity index (χ2v) is 11.5. The number of sulfonamides is 1. The van der Waals surface area contributed by atoms with Gasteiger partial charge in [0.1, 0.15) is 25.3 Å². The lowest BCUT2D eigenvalue weighted by Gasteiger charge is -2.26. The third-order valence-corrected chi connectivity index (χ3v) is 7.98. The Kier molecular flexibility index (Phi) is 11.4. The number of benzene rings is 2. The van der Waals surface area contributed by atoms with E-state index in [0.717, 1.165) is 6.33 Å². The fourth-order valence-corrected chi connectivity index (χ4v) is 5.26. The number of para-hydroxylation sites is 2. The van der Waals surface area contributed by atoms with Crippen molar-refractivity contribution >= 4 is 33.5 Å². The largest absolute Gasteiger partial charge is 0.493 e. The molecule has 5 rings (SSSR count). The molecule has 1 fully saturated rings. The highest BCUT2D eigenvalue weighted by Crippen LogP contribution is 2.40. The Hall–Kier alpha value is -5.68. The number of amides is 2. The van der Waals surface area contributed by atoms with Gasteiger partial charge in [-0.3, -0.25) is 19.8 Å². The van der Waals surface area contributed by atoms with Crippen LogP contribution in [0.2, 0.25) is 0 Å². The van der Waals surface area contributed by atoms with Crippen molar-refractivity contribution in [2.24, 2.45) is 0 Å². The van der Waals surface area contributed by atoms with Gasteiger partial charge in [0, 0.05) is 31.2 Å². The fraction of sp³-hybridized carbons (Fsp3) is 0.258. The van der Waals surface area contributed by atoms with Gasteiger partial charge in [-0.15, -0.1) is 0 Å². The van der Waals surface area contributed by atoms with Gasteiger partial charge in [0.15, 0.2) is 23.9 Å². The minimum atomic E-state index is -4.23. The molecule has 2 aromatic heterocycles. The van der Waals surface area contributed by atoms with Gasteiger partial charge in [-0.1, -0.05) is 12.1 Å². The first-order chi connectivity index (χ1) is 23.3. The summed E-state index contributed by atoms with van der Waals surface area (Å²) in [5, 5.41) is 2.55. The van der Waals surface area contributed by atoms with E-state index in [4.69, 9.17) is 28.4 Å². The van der Waals surface area contributed by atoms with Crippen molar-refractivity contribution in [1.29, 1.82) is 0 Å². The molecular formula is C31H32N6O10S. The van der Waals surface area contributed by atoms with Crippen LogP contribution in [0, 0.1) is 0 Å². The van der Waals surface area contributed by atoms with E-state index in [0.29, 0.717) is 43.5 Å². The first kappa shape index (κ1) is 33.7. The first-order valence-electron chi connectivity index (χ1n) is 14.6. The van der Waals surface area contributed by atoms with Crippen LogP contribution in [0.15, 0.2) is 84.3 Å². The molecule has 0 unspecified atom stereocenters. The first-order valence-corrected chi connectivity index (χ1v) is 16.0. The molecule has 0 atom stereocenters. The Morgan fingerprint density at radius 2 is 1.65 bits per heavy atom. The molecule has 0 spiro atoms. The van der Waals surface area contributed by atoms with Gasteiger partial charge in [0.2, 0.25) is 5.75 Å². The highest BCUT2D eigenvalue weighted by molar-refractivity contribution is 7.92. The minimum absolute atomic E-state index is 0.118. The zero-order valence-corrected chi connectivity index (χ0v) is 26.6. The number of nitrogens with zero attached hydrogens (tertiary/aromatic N) is 4. The van der Waals surface area contributed by atoms with E-state index >= 15 is 0 Å². The van der Waals surface area contributed by atoms with Crippen molar-refractivity contribution in [1.82, 2.24) is 19.9 Å². The number of rotatable bonds is 14. The maximum atomic E-state index is 13.4. The van der Waals surface area contributed by atoms with Crippen LogP contribution < -0.4 is 29.0 Å². The molecule has 1 aliphatic rings. The molecule has 0 saturated carbocycles. The van der Waals surface area contributed by atoms with Gasteiger partial charge in [0.25, 0.3) is 21.8 Å². The highest BCUT2D eigenvalue weighted by atomic mass is 32.2. The van der Waals surface area contributed by atoms with Crippen molar-refractivity contribution in [3.8, 4) is 28.9 Å². The maximum Gasteiger partial charge on any atom is 0.411 e. The summed E-state index contributed by atoms with van der Waals surface area (Å²) in [5.41, 5.74) is 0.497. The lowest BCUT2D eigenvalue weighted by atomic mass is 10.3. The minimum Gasteiger partial charge on any atom is -0.493 e. The summed E-state index contributed by atoms with van der Waals surface area (Å²) in [6, 6.07) is 15.4. The van der Waals surface area contributed by atoms with Gasteiger partial charge >= 0.3 is 6.09 Å². The smallest absolute Gasteiger partial charge is 0.411 e. The second kappa shape index (κ2) is 16.2. The molecule has 3 heterocycles. The van der Waals surface area contributed by atoms with E-state index in [2.05, 4.69) is 25.0 Å². The molecule has 16 nitrogen and oxygen atoms in total. The Morgan fingerprint density at radius 1 is 0.917 bits per heavy atom. The quantitative estimate of drug-likeness (QED) is 0.185. The van der Waals surface area contributed by atoms with Crippen LogP contribution in [0.25, 0.3) is 0 Å². The summed E-state index contributed by atoms with van der Waals surface area (Å²) >= 11 is 0. The Balaban J connectivity index is 1.28. The molecule has 4 aromatic rings.